The predicted molar refractivity (Wildman–Crippen MR) is 66.5 cm³/mol. The van der Waals surface area contributed by atoms with Gasteiger partial charge in [-0.15, -0.1) is 0 Å². The van der Waals surface area contributed by atoms with Crippen molar-refractivity contribution in [1.82, 2.24) is 10.4 Å². The van der Waals surface area contributed by atoms with E-state index in [0.29, 0.717) is 13.1 Å². The Morgan fingerprint density at radius 1 is 1.44 bits per heavy atom. The molecule has 0 spiro atoms. The number of amides is 1. The molecular formula is C13H18N2O3. The van der Waals surface area contributed by atoms with E-state index in [2.05, 4.69) is 5.43 Å². The first-order chi connectivity index (χ1) is 8.65. The second-order valence-corrected chi connectivity index (χ2v) is 4.62. The van der Waals surface area contributed by atoms with Gasteiger partial charge in [0.1, 0.15) is 6.61 Å². The van der Waals surface area contributed by atoms with Crippen LogP contribution in [-0.4, -0.2) is 35.4 Å². The number of β-amino-alcohol motifs (C(OH)–C–C–N with tert-alkyl or cyclic N) is 1. The van der Waals surface area contributed by atoms with Gasteiger partial charge in [-0.05, 0) is 11.5 Å². The Bertz CT molecular complexity index is 386. The maximum absolute atomic E-state index is 11.5. The summed E-state index contributed by atoms with van der Waals surface area (Å²) in [5, 5.41) is 11.2. The molecule has 0 saturated carbocycles. The van der Waals surface area contributed by atoms with E-state index in [1.54, 1.807) is 5.01 Å². The quantitative estimate of drug-likeness (QED) is 0.844. The molecule has 0 aliphatic carbocycles. The van der Waals surface area contributed by atoms with Gasteiger partial charge in [-0.25, -0.2) is 9.80 Å². The first-order valence-electron chi connectivity index (χ1n) is 6.05. The lowest BCUT2D eigenvalue weighted by atomic mass is 10.1. The van der Waals surface area contributed by atoms with Crippen molar-refractivity contribution in [3.8, 4) is 0 Å². The van der Waals surface area contributed by atoms with Crippen molar-refractivity contribution in [2.45, 2.75) is 19.6 Å². The second kappa shape index (κ2) is 5.84. The summed E-state index contributed by atoms with van der Waals surface area (Å²) in [6, 6.07) is 9.50. The first kappa shape index (κ1) is 12.9. The van der Waals surface area contributed by atoms with E-state index in [9.17, 15) is 9.90 Å². The molecule has 18 heavy (non-hydrogen) atoms. The smallest absolute Gasteiger partial charge is 0.422 e. The fourth-order valence-corrected chi connectivity index (χ4v) is 1.93. The largest absolute Gasteiger partial charge is 0.444 e. The molecule has 0 aromatic heterocycles. The number of nitrogens with one attached hydrogen (secondary N) is 1. The molecule has 0 radical (unpaired) electrons. The number of nitrogens with zero attached hydrogens (tertiary/aromatic N) is 1. The number of benzene rings is 1. The average molecular weight is 250 g/mol. The minimum Gasteiger partial charge on any atom is -0.444 e. The van der Waals surface area contributed by atoms with Crippen molar-refractivity contribution in [1.29, 1.82) is 0 Å². The Balaban J connectivity index is 1.73. The van der Waals surface area contributed by atoms with Crippen molar-refractivity contribution < 1.29 is 14.6 Å². The molecule has 1 fully saturated rings. The Kier molecular flexibility index (Phi) is 4.17. The highest BCUT2D eigenvalue weighted by Crippen LogP contribution is 2.13. The molecule has 5 heteroatoms. The number of aliphatic hydroxyl groups excluding tert-OH is 1. The number of aliphatic hydroxyl groups is 1. The molecule has 1 aliphatic heterocycles. The summed E-state index contributed by atoms with van der Waals surface area (Å²) in [5.74, 6) is 0.166. The minimum absolute atomic E-state index is 0.166. The third-order valence-corrected chi connectivity index (χ3v) is 3.03. The van der Waals surface area contributed by atoms with E-state index in [-0.39, 0.29) is 18.6 Å². The molecule has 2 unspecified atom stereocenters. The topological polar surface area (TPSA) is 61.8 Å². The second-order valence-electron chi connectivity index (χ2n) is 4.62. The van der Waals surface area contributed by atoms with Gasteiger partial charge in [0.25, 0.3) is 0 Å². The van der Waals surface area contributed by atoms with Crippen LogP contribution < -0.4 is 5.43 Å². The van der Waals surface area contributed by atoms with E-state index >= 15 is 0 Å². The van der Waals surface area contributed by atoms with Gasteiger partial charge in [-0.1, -0.05) is 37.3 Å². The summed E-state index contributed by atoms with van der Waals surface area (Å²) >= 11 is 0. The van der Waals surface area contributed by atoms with Crippen LogP contribution in [0.4, 0.5) is 4.79 Å². The lowest BCUT2D eigenvalue weighted by Crippen LogP contribution is -2.41. The standard InChI is InChI=1S/C13H18N2O3/c1-10-7-15(8-12(10)16)14-13(17)18-9-11-5-3-2-4-6-11/h2-6,10,12,16H,7-9H2,1H3,(H,14,17). The van der Waals surface area contributed by atoms with Gasteiger partial charge in [0.15, 0.2) is 0 Å². The number of rotatable bonds is 3. The third kappa shape index (κ3) is 3.45. The summed E-state index contributed by atoms with van der Waals surface area (Å²) in [6.07, 6.45) is -0.875. The molecule has 98 valence electrons. The Hall–Kier alpha value is -1.59. The van der Waals surface area contributed by atoms with Crippen LogP contribution in [0.3, 0.4) is 0 Å². The zero-order valence-electron chi connectivity index (χ0n) is 10.4. The maximum Gasteiger partial charge on any atom is 0.422 e. The SMILES string of the molecule is CC1CN(NC(=O)OCc2ccccc2)CC1O. The average Bonchev–Trinajstić information content (AvgIpc) is 2.67. The zero-order chi connectivity index (χ0) is 13.0. The van der Waals surface area contributed by atoms with Crippen LogP contribution in [0.1, 0.15) is 12.5 Å². The molecule has 1 aromatic rings. The Labute approximate surface area is 106 Å². The molecule has 1 aromatic carbocycles. The molecule has 1 amide bonds. The maximum atomic E-state index is 11.5. The van der Waals surface area contributed by atoms with Gasteiger partial charge in [0, 0.05) is 13.1 Å². The Morgan fingerprint density at radius 2 is 2.17 bits per heavy atom. The summed E-state index contributed by atoms with van der Waals surface area (Å²) in [5.41, 5.74) is 3.57. The third-order valence-electron chi connectivity index (χ3n) is 3.03. The van der Waals surface area contributed by atoms with Gasteiger partial charge < -0.3 is 9.84 Å². The number of carbonyl (C=O) groups excluding carboxylic acids is 1. The van der Waals surface area contributed by atoms with Gasteiger partial charge in [-0.2, -0.15) is 0 Å². The van der Waals surface area contributed by atoms with Crippen LogP contribution in [0, 0.1) is 5.92 Å². The molecule has 2 atom stereocenters. The van der Waals surface area contributed by atoms with Crippen molar-refractivity contribution in [3.63, 3.8) is 0 Å². The van der Waals surface area contributed by atoms with Gasteiger partial charge in [0.2, 0.25) is 0 Å². The van der Waals surface area contributed by atoms with Crippen LogP contribution in [0.2, 0.25) is 0 Å². The van der Waals surface area contributed by atoms with E-state index in [1.807, 2.05) is 37.3 Å². The summed E-state index contributed by atoms with van der Waals surface area (Å²) < 4.78 is 5.09. The molecular weight excluding hydrogens is 232 g/mol. The van der Waals surface area contributed by atoms with Crippen LogP contribution in [0.15, 0.2) is 30.3 Å². The van der Waals surface area contributed by atoms with Crippen LogP contribution in [0.25, 0.3) is 0 Å². The highest BCUT2D eigenvalue weighted by atomic mass is 16.6. The number of ether oxygens (including phenoxy) is 1. The fourth-order valence-electron chi connectivity index (χ4n) is 1.93. The van der Waals surface area contributed by atoms with Crippen LogP contribution >= 0.6 is 0 Å². The van der Waals surface area contributed by atoms with Crippen molar-refractivity contribution in [3.05, 3.63) is 35.9 Å². The normalized spacial score (nSPS) is 23.9. The number of hydrogen-bond acceptors (Lipinski definition) is 4. The van der Waals surface area contributed by atoms with Gasteiger partial charge in [0.05, 0.1) is 6.10 Å². The number of hydrazine groups is 1. The van der Waals surface area contributed by atoms with E-state index < -0.39 is 6.09 Å². The molecule has 2 rings (SSSR count). The summed E-state index contributed by atoms with van der Waals surface area (Å²) in [7, 11) is 0. The molecule has 1 saturated heterocycles. The predicted octanol–water partition coefficient (Wildman–Crippen LogP) is 1.14. The van der Waals surface area contributed by atoms with Crippen LogP contribution in [-0.2, 0) is 11.3 Å². The summed E-state index contributed by atoms with van der Waals surface area (Å²) in [4.78, 5) is 11.5. The molecule has 0 bridgehead atoms. The van der Waals surface area contributed by atoms with Gasteiger partial charge >= 0.3 is 6.09 Å². The number of hydrogen-bond donors (Lipinski definition) is 2. The lowest BCUT2D eigenvalue weighted by molar-refractivity contribution is 0.100. The molecule has 5 nitrogen and oxygen atoms in total. The van der Waals surface area contributed by atoms with Crippen molar-refractivity contribution in [2.75, 3.05) is 13.1 Å². The summed E-state index contributed by atoms with van der Waals surface area (Å²) in [6.45, 7) is 3.28. The fraction of sp³-hybridized carbons (Fsp3) is 0.462. The molecule has 1 aliphatic rings. The monoisotopic (exact) mass is 250 g/mol. The zero-order valence-corrected chi connectivity index (χ0v) is 10.4. The van der Waals surface area contributed by atoms with Crippen molar-refractivity contribution in [2.24, 2.45) is 5.92 Å². The molecule has 1 heterocycles. The van der Waals surface area contributed by atoms with E-state index in [0.717, 1.165) is 5.56 Å². The highest BCUT2D eigenvalue weighted by molar-refractivity contribution is 5.66. The molecule has 2 N–H and O–H groups in total. The highest BCUT2D eigenvalue weighted by Gasteiger charge is 2.28. The number of carbonyl (C=O) groups is 1. The first-order valence-corrected chi connectivity index (χ1v) is 6.05. The van der Waals surface area contributed by atoms with Crippen molar-refractivity contribution >= 4 is 6.09 Å². The lowest BCUT2D eigenvalue weighted by Gasteiger charge is -2.16. The van der Waals surface area contributed by atoms with E-state index in [4.69, 9.17) is 4.74 Å². The van der Waals surface area contributed by atoms with Crippen LogP contribution in [0.5, 0.6) is 0 Å². The minimum atomic E-state index is -0.486. The van der Waals surface area contributed by atoms with Gasteiger partial charge in [-0.3, -0.25) is 5.43 Å². The van der Waals surface area contributed by atoms with E-state index in [1.165, 1.54) is 0 Å². The Morgan fingerprint density at radius 3 is 2.78 bits per heavy atom.